The standard InChI is InChI=1S/C12H6Cl2F2N4.C5H2Cl2N4/c13-10-9-11(19-12(14)18-10)20(5-17-9)4-6-7(15)2-1-3-8(6)16;6-3-2-4(9-1-8-2)11-5(7)10-3/h1-3,5H,4H2;1H,(H,8,9,10,11). The molecule has 31 heavy (non-hydrogen) atoms. The molecule has 4 aromatic heterocycles. The van der Waals surface area contributed by atoms with E-state index in [0.29, 0.717) is 22.3 Å². The normalized spacial score (nSPS) is 11.0. The highest BCUT2D eigenvalue weighted by Crippen LogP contribution is 2.22. The van der Waals surface area contributed by atoms with Crippen molar-refractivity contribution in [3.63, 3.8) is 0 Å². The maximum absolute atomic E-state index is 13.6. The Labute approximate surface area is 192 Å². The van der Waals surface area contributed by atoms with Crippen molar-refractivity contribution in [1.82, 2.24) is 39.5 Å². The number of halogens is 6. The number of aromatic amines is 1. The predicted octanol–water partition coefficient (Wildman–Crippen LogP) is 5.12. The Bertz CT molecular complexity index is 1380. The fourth-order valence-electron chi connectivity index (χ4n) is 2.63. The lowest BCUT2D eigenvalue weighted by atomic mass is 10.2. The quantitative estimate of drug-likeness (QED) is 0.265. The molecule has 1 N–H and O–H groups in total. The van der Waals surface area contributed by atoms with Crippen LogP contribution in [0, 0.1) is 11.6 Å². The van der Waals surface area contributed by atoms with E-state index in [1.54, 1.807) is 0 Å². The lowest BCUT2D eigenvalue weighted by molar-refractivity contribution is 0.546. The first-order valence-electron chi connectivity index (χ1n) is 8.32. The van der Waals surface area contributed by atoms with Crippen LogP contribution in [0.15, 0.2) is 30.9 Å². The summed E-state index contributed by atoms with van der Waals surface area (Å²) in [6.07, 6.45) is 2.87. The summed E-state index contributed by atoms with van der Waals surface area (Å²) in [5.74, 6) is -1.28. The van der Waals surface area contributed by atoms with E-state index in [2.05, 4.69) is 34.9 Å². The van der Waals surface area contributed by atoms with Crippen molar-refractivity contribution in [3.8, 4) is 0 Å². The molecule has 5 aromatic rings. The molecule has 14 heteroatoms. The van der Waals surface area contributed by atoms with Crippen LogP contribution in [0.4, 0.5) is 8.78 Å². The summed E-state index contributed by atoms with van der Waals surface area (Å²) in [4.78, 5) is 25.9. The summed E-state index contributed by atoms with van der Waals surface area (Å²) in [5, 5.41) is 0.429. The van der Waals surface area contributed by atoms with Gasteiger partial charge >= 0.3 is 0 Å². The molecule has 0 aliphatic rings. The van der Waals surface area contributed by atoms with Crippen molar-refractivity contribution in [1.29, 1.82) is 0 Å². The van der Waals surface area contributed by atoms with Crippen LogP contribution in [0.25, 0.3) is 22.3 Å². The van der Waals surface area contributed by atoms with E-state index < -0.39 is 11.6 Å². The zero-order valence-electron chi connectivity index (χ0n) is 15.0. The largest absolute Gasteiger partial charge is 0.341 e. The van der Waals surface area contributed by atoms with Crippen LogP contribution in [-0.2, 0) is 6.54 Å². The van der Waals surface area contributed by atoms with Crippen molar-refractivity contribution in [2.75, 3.05) is 0 Å². The smallest absolute Gasteiger partial charge is 0.225 e. The summed E-state index contributed by atoms with van der Waals surface area (Å²) in [7, 11) is 0. The Kier molecular flexibility index (Phi) is 6.15. The molecule has 4 heterocycles. The Balaban J connectivity index is 0.000000177. The van der Waals surface area contributed by atoms with Crippen molar-refractivity contribution < 1.29 is 8.78 Å². The van der Waals surface area contributed by atoms with Crippen LogP contribution in [-0.4, -0.2) is 39.5 Å². The Morgan fingerprint density at radius 3 is 2.29 bits per heavy atom. The van der Waals surface area contributed by atoms with E-state index in [9.17, 15) is 8.78 Å². The van der Waals surface area contributed by atoms with Gasteiger partial charge in [0.05, 0.1) is 19.2 Å². The van der Waals surface area contributed by atoms with Crippen LogP contribution in [0.2, 0.25) is 20.9 Å². The third-order valence-electron chi connectivity index (χ3n) is 4.00. The molecule has 0 aliphatic carbocycles. The molecule has 0 aliphatic heterocycles. The van der Waals surface area contributed by atoms with Crippen LogP contribution in [0.1, 0.15) is 5.56 Å². The Hall–Kier alpha value is -2.66. The summed E-state index contributed by atoms with van der Waals surface area (Å²) < 4.78 is 28.7. The van der Waals surface area contributed by atoms with Gasteiger partial charge in [0.15, 0.2) is 21.6 Å². The second kappa shape index (κ2) is 8.83. The molecule has 0 saturated carbocycles. The van der Waals surface area contributed by atoms with Gasteiger partial charge in [0.25, 0.3) is 0 Å². The van der Waals surface area contributed by atoms with Crippen LogP contribution in [0.3, 0.4) is 0 Å². The molecule has 0 saturated heterocycles. The van der Waals surface area contributed by atoms with Crippen LogP contribution < -0.4 is 0 Å². The molecule has 8 nitrogen and oxygen atoms in total. The first-order valence-corrected chi connectivity index (χ1v) is 9.83. The molecule has 0 amide bonds. The monoisotopic (exact) mass is 502 g/mol. The third-order valence-corrected chi connectivity index (χ3v) is 4.87. The first kappa shape index (κ1) is 21.6. The minimum Gasteiger partial charge on any atom is -0.341 e. The number of hydrogen-bond donors (Lipinski definition) is 1. The van der Waals surface area contributed by atoms with Gasteiger partial charge in [-0.1, -0.05) is 29.3 Å². The molecular formula is C17H8Cl4F2N8. The van der Waals surface area contributed by atoms with E-state index >= 15 is 0 Å². The highest BCUT2D eigenvalue weighted by molar-refractivity contribution is 6.35. The first-order chi connectivity index (χ1) is 14.8. The zero-order valence-corrected chi connectivity index (χ0v) is 18.0. The fraction of sp³-hybridized carbons (Fsp3) is 0.0588. The van der Waals surface area contributed by atoms with E-state index in [-0.39, 0.29) is 33.0 Å². The molecule has 0 atom stereocenters. The molecule has 5 rings (SSSR count). The van der Waals surface area contributed by atoms with Gasteiger partial charge in [0.2, 0.25) is 10.6 Å². The minimum atomic E-state index is -0.641. The maximum Gasteiger partial charge on any atom is 0.225 e. The number of benzene rings is 1. The Morgan fingerprint density at radius 2 is 1.55 bits per heavy atom. The second-order valence-electron chi connectivity index (χ2n) is 5.91. The number of imidazole rings is 2. The van der Waals surface area contributed by atoms with Crippen LogP contribution >= 0.6 is 46.4 Å². The van der Waals surface area contributed by atoms with Gasteiger partial charge in [-0.3, -0.25) is 0 Å². The van der Waals surface area contributed by atoms with Gasteiger partial charge in [-0.15, -0.1) is 0 Å². The number of aromatic nitrogens is 8. The van der Waals surface area contributed by atoms with Crippen molar-refractivity contribution in [2.45, 2.75) is 6.54 Å². The molecule has 0 unspecified atom stereocenters. The van der Waals surface area contributed by atoms with Crippen LogP contribution in [0.5, 0.6) is 0 Å². The highest BCUT2D eigenvalue weighted by Gasteiger charge is 2.14. The zero-order chi connectivity index (χ0) is 22.1. The average molecular weight is 504 g/mol. The Morgan fingerprint density at radius 1 is 0.871 bits per heavy atom. The van der Waals surface area contributed by atoms with Crippen molar-refractivity contribution in [3.05, 3.63) is 68.9 Å². The van der Waals surface area contributed by atoms with Gasteiger partial charge in [0.1, 0.15) is 22.7 Å². The average Bonchev–Trinajstić information content (AvgIpc) is 3.33. The number of fused-ring (bicyclic) bond motifs is 2. The lowest BCUT2D eigenvalue weighted by Gasteiger charge is -2.06. The molecule has 1 aromatic carbocycles. The maximum atomic E-state index is 13.6. The number of rotatable bonds is 2. The number of H-pyrrole nitrogens is 1. The lowest BCUT2D eigenvalue weighted by Crippen LogP contribution is -2.04. The number of nitrogens with zero attached hydrogens (tertiary/aromatic N) is 7. The predicted molar refractivity (Wildman–Crippen MR) is 113 cm³/mol. The second-order valence-corrected chi connectivity index (χ2v) is 7.31. The summed E-state index contributed by atoms with van der Waals surface area (Å²) >= 11 is 22.8. The van der Waals surface area contributed by atoms with Crippen molar-refractivity contribution in [2.24, 2.45) is 0 Å². The topological polar surface area (TPSA) is 98.1 Å². The fourth-order valence-corrected chi connectivity index (χ4v) is 3.48. The number of hydrogen-bond acceptors (Lipinski definition) is 6. The molecule has 0 spiro atoms. The molecule has 0 radical (unpaired) electrons. The van der Waals surface area contributed by atoms with Gasteiger partial charge < -0.3 is 9.55 Å². The molecule has 0 fully saturated rings. The third kappa shape index (κ3) is 4.52. The minimum absolute atomic E-state index is 0.0572. The highest BCUT2D eigenvalue weighted by atomic mass is 35.5. The SMILES string of the molecule is Clc1nc(Cl)c2[nH]cnc2n1.Fc1cccc(F)c1Cn1cnc2c(Cl)nc(Cl)nc21. The van der Waals surface area contributed by atoms with Gasteiger partial charge in [-0.05, 0) is 35.3 Å². The number of nitrogens with one attached hydrogen (secondary N) is 1. The summed E-state index contributed by atoms with van der Waals surface area (Å²) in [5.41, 5.74) is 1.65. The van der Waals surface area contributed by atoms with Gasteiger partial charge in [-0.2, -0.15) is 9.97 Å². The van der Waals surface area contributed by atoms with E-state index in [1.165, 1.54) is 35.4 Å². The van der Waals surface area contributed by atoms with E-state index in [4.69, 9.17) is 46.4 Å². The molecule has 0 bridgehead atoms. The van der Waals surface area contributed by atoms with E-state index in [1.807, 2.05) is 0 Å². The summed E-state index contributed by atoms with van der Waals surface area (Å²) in [6.45, 7) is -0.0708. The van der Waals surface area contributed by atoms with E-state index in [0.717, 1.165) is 0 Å². The van der Waals surface area contributed by atoms with Gasteiger partial charge in [-0.25, -0.2) is 28.7 Å². The molecular weight excluding hydrogens is 496 g/mol. The molecule has 158 valence electrons. The van der Waals surface area contributed by atoms with Gasteiger partial charge in [0, 0.05) is 5.56 Å². The van der Waals surface area contributed by atoms with Crippen molar-refractivity contribution >= 4 is 68.7 Å². The summed E-state index contributed by atoms with van der Waals surface area (Å²) in [6, 6.07) is 3.68.